The summed E-state index contributed by atoms with van der Waals surface area (Å²) in [5, 5.41) is 3.44. The van der Waals surface area contributed by atoms with Crippen LogP contribution in [0.1, 0.15) is 49.8 Å². The van der Waals surface area contributed by atoms with Crippen molar-refractivity contribution in [1.29, 1.82) is 0 Å². The van der Waals surface area contributed by atoms with E-state index in [0.717, 1.165) is 56.6 Å². The van der Waals surface area contributed by atoms with Gasteiger partial charge in [-0.3, -0.25) is 9.78 Å². The quantitative estimate of drug-likeness (QED) is 0.649. The van der Waals surface area contributed by atoms with Crippen LogP contribution in [0.4, 0.5) is 0 Å². The molecule has 0 aliphatic carbocycles. The molecule has 1 unspecified atom stereocenters. The minimum absolute atomic E-state index is 0.234. The third kappa shape index (κ3) is 7.17. The summed E-state index contributed by atoms with van der Waals surface area (Å²) in [4.78, 5) is 19.6. The number of ether oxygens (including phenoxy) is 1. The Morgan fingerprint density at radius 3 is 2.93 bits per heavy atom. The second-order valence-electron chi connectivity index (χ2n) is 7.80. The van der Waals surface area contributed by atoms with Crippen molar-refractivity contribution >= 4 is 5.91 Å². The van der Waals surface area contributed by atoms with Crippen LogP contribution in [0, 0.1) is 6.92 Å². The minimum Gasteiger partial charge on any atom is -0.494 e. The van der Waals surface area contributed by atoms with Crippen LogP contribution in [0.5, 0.6) is 5.75 Å². The van der Waals surface area contributed by atoms with Crippen molar-refractivity contribution in [3.63, 3.8) is 0 Å². The fraction of sp³-hybridized carbons (Fsp3) is 0.500. The molecule has 1 amide bonds. The first-order valence-electron chi connectivity index (χ1n) is 10.8. The lowest BCUT2D eigenvalue weighted by Gasteiger charge is -2.31. The fourth-order valence-corrected chi connectivity index (χ4v) is 3.82. The lowest BCUT2D eigenvalue weighted by Crippen LogP contribution is -2.40. The third-order valence-corrected chi connectivity index (χ3v) is 5.41. The van der Waals surface area contributed by atoms with Crippen LogP contribution in [-0.2, 0) is 11.3 Å². The molecule has 0 radical (unpaired) electrons. The topological polar surface area (TPSA) is 54.5 Å². The molecule has 2 heterocycles. The second kappa shape index (κ2) is 11.6. The molecular formula is C24H33N3O2. The van der Waals surface area contributed by atoms with E-state index in [0.29, 0.717) is 25.6 Å². The zero-order chi connectivity index (χ0) is 20.3. The lowest BCUT2D eigenvalue weighted by atomic mass is 10.1. The van der Waals surface area contributed by atoms with Gasteiger partial charge in [0.25, 0.3) is 0 Å². The molecule has 1 aromatic heterocycles. The molecule has 1 aliphatic rings. The number of benzene rings is 1. The van der Waals surface area contributed by atoms with Crippen molar-refractivity contribution < 1.29 is 9.53 Å². The summed E-state index contributed by atoms with van der Waals surface area (Å²) in [5.74, 6) is 1.14. The van der Waals surface area contributed by atoms with Gasteiger partial charge < -0.3 is 15.0 Å². The van der Waals surface area contributed by atoms with E-state index in [2.05, 4.69) is 28.2 Å². The highest BCUT2D eigenvalue weighted by atomic mass is 16.5. The highest BCUT2D eigenvalue weighted by Crippen LogP contribution is 2.19. The van der Waals surface area contributed by atoms with Gasteiger partial charge in [0.2, 0.25) is 5.91 Å². The van der Waals surface area contributed by atoms with Crippen LogP contribution in [0.2, 0.25) is 0 Å². The summed E-state index contributed by atoms with van der Waals surface area (Å²) < 4.78 is 5.81. The largest absolute Gasteiger partial charge is 0.494 e. The maximum atomic E-state index is 13.1. The van der Waals surface area contributed by atoms with Gasteiger partial charge in [-0.15, -0.1) is 0 Å². The van der Waals surface area contributed by atoms with E-state index in [1.54, 1.807) is 6.20 Å². The molecule has 1 fully saturated rings. The Morgan fingerprint density at radius 1 is 1.17 bits per heavy atom. The Bertz CT molecular complexity index is 743. The monoisotopic (exact) mass is 395 g/mol. The molecule has 0 spiro atoms. The van der Waals surface area contributed by atoms with E-state index >= 15 is 0 Å². The number of amides is 1. The molecule has 2 aromatic rings. The van der Waals surface area contributed by atoms with Crippen LogP contribution >= 0.6 is 0 Å². The zero-order valence-corrected chi connectivity index (χ0v) is 17.5. The fourth-order valence-electron chi connectivity index (χ4n) is 3.82. The molecule has 1 N–H and O–H groups in total. The molecule has 1 aromatic carbocycles. The average molecular weight is 396 g/mol. The van der Waals surface area contributed by atoms with E-state index in [4.69, 9.17) is 4.74 Å². The number of carbonyl (C=O) groups is 1. The molecule has 1 aliphatic heterocycles. The molecule has 156 valence electrons. The van der Waals surface area contributed by atoms with Crippen molar-refractivity contribution in [2.75, 3.05) is 19.7 Å². The number of pyridine rings is 1. The van der Waals surface area contributed by atoms with Crippen LogP contribution in [0.3, 0.4) is 0 Å². The number of rotatable bonds is 9. The van der Waals surface area contributed by atoms with Gasteiger partial charge >= 0.3 is 0 Å². The van der Waals surface area contributed by atoms with E-state index in [-0.39, 0.29) is 5.91 Å². The number of hydrogen-bond acceptors (Lipinski definition) is 4. The van der Waals surface area contributed by atoms with E-state index in [1.165, 1.54) is 5.56 Å². The smallest absolute Gasteiger partial charge is 0.223 e. The maximum absolute atomic E-state index is 13.1. The summed E-state index contributed by atoms with van der Waals surface area (Å²) in [6.07, 6.45) is 7.26. The number of unbranched alkanes of at least 4 members (excludes halogenated alkanes) is 1. The van der Waals surface area contributed by atoms with Crippen molar-refractivity contribution in [3.05, 3.63) is 59.9 Å². The number of nitrogens with zero attached hydrogens (tertiary/aromatic N) is 2. The van der Waals surface area contributed by atoms with Crippen LogP contribution in [0.25, 0.3) is 0 Å². The molecule has 3 rings (SSSR count). The van der Waals surface area contributed by atoms with Crippen molar-refractivity contribution in [3.8, 4) is 5.75 Å². The van der Waals surface area contributed by atoms with Gasteiger partial charge in [-0.25, -0.2) is 0 Å². The summed E-state index contributed by atoms with van der Waals surface area (Å²) >= 11 is 0. The molecule has 1 atom stereocenters. The number of carbonyl (C=O) groups excluding carboxylic acids is 1. The Kier molecular flexibility index (Phi) is 8.50. The molecule has 1 saturated heterocycles. The normalized spacial score (nSPS) is 16.8. The molecule has 5 nitrogen and oxygen atoms in total. The molecule has 5 heteroatoms. The Morgan fingerprint density at radius 2 is 2.10 bits per heavy atom. The maximum Gasteiger partial charge on any atom is 0.223 e. The second-order valence-corrected chi connectivity index (χ2v) is 7.80. The Hall–Kier alpha value is -2.40. The highest BCUT2D eigenvalue weighted by molar-refractivity contribution is 5.76. The van der Waals surface area contributed by atoms with E-state index in [1.807, 2.05) is 36.4 Å². The number of nitrogens with one attached hydrogen (secondary N) is 1. The van der Waals surface area contributed by atoms with Gasteiger partial charge in [-0.2, -0.15) is 0 Å². The first kappa shape index (κ1) is 21.3. The molecule has 29 heavy (non-hydrogen) atoms. The van der Waals surface area contributed by atoms with Crippen molar-refractivity contribution in [1.82, 2.24) is 15.2 Å². The minimum atomic E-state index is 0.234. The highest BCUT2D eigenvalue weighted by Gasteiger charge is 2.24. The van der Waals surface area contributed by atoms with Gasteiger partial charge in [0.1, 0.15) is 5.75 Å². The third-order valence-electron chi connectivity index (χ3n) is 5.41. The summed E-state index contributed by atoms with van der Waals surface area (Å²) in [7, 11) is 0. The summed E-state index contributed by atoms with van der Waals surface area (Å²) in [6.45, 7) is 5.32. The number of hydrogen-bond donors (Lipinski definition) is 1. The molecular weight excluding hydrogens is 362 g/mol. The van der Waals surface area contributed by atoms with E-state index in [9.17, 15) is 4.79 Å². The van der Waals surface area contributed by atoms with Gasteiger partial charge in [0.05, 0.1) is 18.8 Å². The van der Waals surface area contributed by atoms with Crippen molar-refractivity contribution in [2.24, 2.45) is 0 Å². The summed E-state index contributed by atoms with van der Waals surface area (Å²) in [5.41, 5.74) is 2.15. The van der Waals surface area contributed by atoms with Crippen LogP contribution in [-0.4, -0.2) is 41.5 Å². The van der Waals surface area contributed by atoms with Gasteiger partial charge in [-0.05, 0) is 81.9 Å². The first-order chi connectivity index (χ1) is 14.2. The van der Waals surface area contributed by atoms with Gasteiger partial charge in [0.15, 0.2) is 0 Å². The van der Waals surface area contributed by atoms with E-state index < -0.39 is 0 Å². The molecule has 0 saturated carbocycles. The van der Waals surface area contributed by atoms with Crippen LogP contribution in [0.15, 0.2) is 48.7 Å². The SMILES string of the molecule is Cc1cccc(OCCCCC(=O)N(Cc2ccccn2)C2CCCNCC2)c1. The number of aryl methyl sites for hydroxylation is 1. The predicted molar refractivity (Wildman–Crippen MR) is 116 cm³/mol. The lowest BCUT2D eigenvalue weighted by molar-refractivity contribution is -0.134. The first-order valence-corrected chi connectivity index (χ1v) is 10.8. The zero-order valence-electron chi connectivity index (χ0n) is 17.5. The average Bonchev–Trinajstić information content (AvgIpc) is 3.02. The Balaban J connectivity index is 1.50. The predicted octanol–water partition coefficient (Wildman–Crippen LogP) is 4.11. The van der Waals surface area contributed by atoms with Gasteiger partial charge in [0, 0.05) is 18.7 Å². The van der Waals surface area contributed by atoms with Crippen molar-refractivity contribution in [2.45, 2.75) is 58.0 Å². The van der Waals surface area contributed by atoms with Crippen LogP contribution < -0.4 is 10.1 Å². The Labute approximate surface area is 174 Å². The summed E-state index contributed by atoms with van der Waals surface area (Å²) in [6, 6.07) is 14.3. The molecule has 0 bridgehead atoms. The number of aromatic nitrogens is 1. The van der Waals surface area contributed by atoms with Gasteiger partial charge in [-0.1, -0.05) is 18.2 Å². The standard InChI is InChI=1S/C24H33N3O2/c1-20-8-6-11-23(18-20)29-17-5-3-12-24(28)27(19-21-9-2-4-15-26-21)22-10-7-14-25-16-13-22/h2,4,6,8-9,11,15,18,22,25H,3,5,7,10,12-14,16-17,19H2,1H3.